The lowest BCUT2D eigenvalue weighted by atomic mass is 10.3. The van der Waals surface area contributed by atoms with Crippen LogP contribution in [0.4, 0.5) is 11.6 Å². The van der Waals surface area contributed by atoms with Gasteiger partial charge in [0.15, 0.2) is 11.5 Å². The zero-order chi connectivity index (χ0) is 13.8. The Morgan fingerprint density at radius 2 is 2.10 bits per heavy atom. The van der Waals surface area contributed by atoms with Crippen LogP contribution in [-0.2, 0) is 0 Å². The average molecular weight is 269 g/mol. The van der Waals surface area contributed by atoms with Crippen LogP contribution in [0, 0.1) is 0 Å². The van der Waals surface area contributed by atoms with Gasteiger partial charge in [-0.3, -0.25) is 0 Å². The van der Waals surface area contributed by atoms with Gasteiger partial charge in [0.25, 0.3) is 0 Å². The second kappa shape index (κ2) is 5.48. The van der Waals surface area contributed by atoms with Crippen molar-refractivity contribution in [2.24, 2.45) is 0 Å². The van der Waals surface area contributed by atoms with E-state index in [0.29, 0.717) is 24.8 Å². The summed E-state index contributed by atoms with van der Waals surface area (Å²) in [6.45, 7) is 1.15. The molecule has 20 heavy (non-hydrogen) atoms. The summed E-state index contributed by atoms with van der Waals surface area (Å²) in [5.74, 6) is 1.95. The summed E-state index contributed by atoms with van der Waals surface area (Å²) >= 11 is 0. The maximum absolute atomic E-state index is 5.75. The first-order valence-electron chi connectivity index (χ1n) is 6.34. The molecule has 6 heteroatoms. The van der Waals surface area contributed by atoms with Gasteiger partial charge < -0.3 is 20.2 Å². The molecule has 0 spiro atoms. The van der Waals surface area contributed by atoms with Crippen molar-refractivity contribution in [2.75, 3.05) is 24.2 Å². The lowest BCUT2D eigenvalue weighted by Crippen LogP contribution is -2.13. The van der Waals surface area contributed by atoms with Crippen molar-refractivity contribution in [3.63, 3.8) is 0 Å². The highest BCUT2D eigenvalue weighted by Gasteiger charge is 2.05. The van der Waals surface area contributed by atoms with Gasteiger partial charge in [-0.2, -0.15) is 0 Å². The maximum atomic E-state index is 5.75. The number of hydrogen-bond donors (Lipinski definition) is 2. The molecule has 1 aromatic carbocycles. The van der Waals surface area contributed by atoms with Gasteiger partial charge in [0.2, 0.25) is 0 Å². The number of nitrogens with zero attached hydrogens (tertiary/aromatic N) is 3. The van der Waals surface area contributed by atoms with Crippen molar-refractivity contribution in [3.05, 3.63) is 48.9 Å². The standard InChI is InChI=1S/C14H15N5O/c15-12-10-19-8-6-17-14(19)13(18-12)16-7-9-20-11-4-2-1-3-5-11/h1-6,8,10H,7,9,15H2,(H,16,18). The van der Waals surface area contributed by atoms with Gasteiger partial charge in [-0.15, -0.1) is 0 Å². The first-order valence-corrected chi connectivity index (χ1v) is 6.34. The van der Waals surface area contributed by atoms with E-state index in [9.17, 15) is 0 Å². The second-order valence-corrected chi connectivity index (χ2v) is 4.26. The largest absolute Gasteiger partial charge is 0.492 e. The summed E-state index contributed by atoms with van der Waals surface area (Å²) in [5.41, 5.74) is 6.50. The molecule has 0 aliphatic carbocycles. The molecule has 0 unspecified atom stereocenters. The predicted octanol–water partition coefficient (Wildman–Crippen LogP) is 1.80. The highest BCUT2D eigenvalue weighted by molar-refractivity contribution is 5.64. The molecule has 2 aromatic heterocycles. The number of nitrogens with one attached hydrogen (secondary N) is 1. The molecule has 3 rings (SSSR count). The van der Waals surface area contributed by atoms with Crippen molar-refractivity contribution >= 4 is 17.3 Å². The monoisotopic (exact) mass is 269 g/mol. The zero-order valence-electron chi connectivity index (χ0n) is 10.9. The fraction of sp³-hybridized carbons (Fsp3) is 0.143. The molecule has 0 aliphatic rings. The average Bonchev–Trinajstić information content (AvgIpc) is 2.92. The first kappa shape index (κ1) is 12.3. The summed E-state index contributed by atoms with van der Waals surface area (Å²) in [5, 5.41) is 3.19. The highest BCUT2D eigenvalue weighted by atomic mass is 16.5. The Bertz CT molecular complexity index is 695. The van der Waals surface area contributed by atoms with E-state index in [2.05, 4.69) is 15.3 Å². The zero-order valence-corrected chi connectivity index (χ0v) is 10.9. The molecular weight excluding hydrogens is 254 g/mol. The van der Waals surface area contributed by atoms with Crippen molar-refractivity contribution in [1.29, 1.82) is 0 Å². The van der Waals surface area contributed by atoms with E-state index in [-0.39, 0.29) is 0 Å². The van der Waals surface area contributed by atoms with E-state index in [1.807, 2.05) is 40.9 Å². The number of nitrogen functional groups attached to an aromatic ring is 1. The number of para-hydroxylation sites is 1. The van der Waals surface area contributed by atoms with Crippen LogP contribution in [0.3, 0.4) is 0 Å². The van der Waals surface area contributed by atoms with Crippen molar-refractivity contribution < 1.29 is 4.74 Å². The molecule has 3 N–H and O–H groups in total. The summed E-state index contributed by atoms with van der Waals surface area (Å²) in [6.07, 6.45) is 5.27. The summed E-state index contributed by atoms with van der Waals surface area (Å²) in [4.78, 5) is 8.48. The highest BCUT2D eigenvalue weighted by Crippen LogP contribution is 2.14. The molecule has 102 valence electrons. The Hall–Kier alpha value is -2.76. The number of aromatic nitrogens is 3. The number of fused-ring (bicyclic) bond motifs is 1. The summed E-state index contributed by atoms with van der Waals surface area (Å²) in [6, 6.07) is 9.68. The number of benzene rings is 1. The number of nitrogens with two attached hydrogens (primary N) is 1. The Balaban J connectivity index is 1.61. The molecule has 0 aliphatic heterocycles. The molecular formula is C14H15N5O. The minimum Gasteiger partial charge on any atom is -0.492 e. The van der Waals surface area contributed by atoms with Crippen molar-refractivity contribution in [3.8, 4) is 5.75 Å². The molecule has 0 saturated carbocycles. The second-order valence-electron chi connectivity index (χ2n) is 4.26. The molecule has 0 atom stereocenters. The van der Waals surface area contributed by atoms with Gasteiger partial charge in [0, 0.05) is 12.4 Å². The molecule has 0 saturated heterocycles. The number of imidazole rings is 1. The maximum Gasteiger partial charge on any atom is 0.180 e. The van der Waals surface area contributed by atoms with Gasteiger partial charge in [-0.1, -0.05) is 18.2 Å². The lowest BCUT2D eigenvalue weighted by molar-refractivity contribution is 0.333. The van der Waals surface area contributed by atoms with Gasteiger partial charge in [0.1, 0.15) is 18.2 Å². The summed E-state index contributed by atoms with van der Waals surface area (Å²) in [7, 11) is 0. The molecule has 0 amide bonds. The number of rotatable bonds is 5. The molecule has 2 heterocycles. The smallest absolute Gasteiger partial charge is 0.180 e. The predicted molar refractivity (Wildman–Crippen MR) is 77.8 cm³/mol. The Morgan fingerprint density at radius 3 is 2.95 bits per heavy atom. The SMILES string of the molecule is Nc1cn2ccnc2c(NCCOc2ccccc2)n1. The third-order valence-electron chi connectivity index (χ3n) is 2.80. The van der Waals surface area contributed by atoms with Crippen LogP contribution in [0.15, 0.2) is 48.9 Å². The van der Waals surface area contributed by atoms with Gasteiger partial charge in [-0.05, 0) is 12.1 Å². The minimum atomic E-state index is 0.446. The molecule has 6 nitrogen and oxygen atoms in total. The van der Waals surface area contributed by atoms with E-state index in [4.69, 9.17) is 10.5 Å². The number of ether oxygens (including phenoxy) is 1. The van der Waals surface area contributed by atoms with Crippen LogP contribution in [-0.4, -0.2) is 27.5 Å². The lowest BCUT2D eigenvalue weighted by Gasteiger charge is -2.09. The van der Waals surface area contributed by atoms with Crippen LogP contribution in [0.2, 0.25) is 0 Å². The normalized spacial score (nSPS) is 10.6. The molecule has 0 bridgehead atoms. The third-order valence-corrected chi connectivity index (χ3v) is 2.80. The van der Waals surface area contributed by atoms with Crippen molar-refractivity contribution in [2.45, 2.75) is 0 Å². The fourth-order valence-electron chi connectivity index (χ4n) is 1.92. The Labute approximate surface area is 116 Å². The van der Waals surface area contributed by atoms with Crippen LogP contribution < -0.4 is 15.8 Å². The van der Waals surface area contributed by atoms with Crippen LogP contribution in [0.25, 0.3) is 5.65 Å². The van der Waals surface area contributed by atoms with Crippen LogP contribution in [0.5, 0.6) is 5.75 Å². The first-order chi connectivity index (χ1) is 9.83. The van der Waals surface area contributed by atoms with E-state index < -0.39 is 0 Å². The fourth-order valence-corrected chi connectivity index (χ4v) is 1.92. The van der Waals surface area contributed by atoms with Crippen LogP contribution >= 0.6 is 0 Å². The number of hydrogen-bond acceptors (Lipinski definition) is 5. The van der Waals surface area contributed by atoms with E-state index >= 15 is 0 Å². The van der Waals surface area contributed by atoms with Gasteiger partial charge in [-0.25, -0.2) is 9.97 Å². The van der Waals surface area contributed by atoms with Crippen molar-refractivity contribution in [1.82, 2.24) is 14.4 Å². The van der Waals surface area contributed by atoms with E-state index in [1.165, 1.54) is 0 Å². The Kier molecular flexibility index (Phi) is 3.36. The molecule has 0 fully saturated rings. The number of anilines is 2. The van der Waals surface area contributed by atoms with Crippen LogP contribution in [0.1, 0.15) is 0 Å². The summed E-state index contributed by atoms with van der Waals surface area (Å²) < 4.78 is 7.44. The van der Waals surface area contributed by atoms with Gasteiger partial charge in [0.05, 0.1) is 12.7 Å². The quantitative estimate of drug-likeness (QED) is 0.691. The van der Waals surface area contributed by atoms with E-state index in [1.54, 1.807) is 12.4 Å². The third kappa shape index (κ3) is 2.64. The Morgan fingerprint density at radius 1 is 1.25 bits per heavy atom. The van der Waals surface area contributed by atoms with E-state index in [0.717, 1.165) is 11.4 Å². The molecule has 0 radical (unpaired) electrons. The van der Waals surface area contributed by atoms with Gasteiger partial charge >= 0.3 is 0 Å². The topological polar surface area (TPSA) is 77.5 Å². The minimum absolute atomic E-state index is 0.446. The molecule has 3 aromatic rings.